The second-order valence-corrected chi connectivity index (χ2v) is 5.53. The topological polar surface area (TPSA) is 64.4 Å². The highest BCUT2D eigenvalue weighted by Crippen LogP contribution is 2.22. The monoisotopic (exact) mass is 354 g/mol. The first kappa shape index (κ1) is 16.9. The third-order valence-electron chi connectivity index (χ3n) is 3.49. The number of benzene rings is 2. The van der Waals surface area contributed by atoms with E-state index in [0.29, 0.717) is 17.2 Å². The minimum absolute atomic E-state index is 0.418. The summed E-state index contributed by atoms with van der Waals surface area (Å²) in [5.41, 5.74) is 1.79. The van der Waals surface area contributed by atoms with E-state index >= 15 is 0 Å². The van der Waals surface area contributed by atoms with Gasteiger partial charge in [-0.3, -0.25) is 0 Å². The van der Waals surface area contributed by atoms with Crippen molar-refractivity contribution in [1.29, 1.82) is 0 Å². The molecule has 3 aromatic rings. The molecule has 0 aliphatic rings. The van der Waals surface area contributed by atoms with Gasteiger partial charge in [-0.2, -0.15) is 14.9 Å². The minimum atomic E-state index is 0.418. The number of rotatable bonds is 6. The number of hydrogen-bond acceptors (Lipinski definition) is 5. The van der Waals surface area contributed by atoms with Crippen LogP contribution in [0.1, 0.15) is 12.5 Å². The Hall–Kier alpha value is -2.93. The van der Waals surface area contributed by atoms with Gasteiger partial charge in [-0.25, -0.2) is 5.10 Å². The maximum Gasteiger partial charge on any atom is 0.216 e. The molecule has 6 nitrogen and oxygen atoms in total. The zero-order chi connectivity index (χ0) is 17.6. The van der Waals surface area contributed by atoms with E-state index in [9.17, 15) is 0 Å². The van der Waals surface area contributed by atoms with E-state index in [0.717, 1.165) is 22.6 Å². The van der Waals surface area contributed by atoms with Crippen LogP contribution in [-0.4, -0.2) is 34.8 Å². The third kappa shape index (κ3) is 3.95. The van der Waals surface area contributed by atoms with Gasteiger partial charge < -0.3 is 9.47 Å². The summed E-state index contributed by atoms with van der Waals surface area (Å²) in [6.07, 6.45) is 1.72. The van der Waals surface area contributed by atoms with Crippen molar-refractivity contribution in [2.45, 2.75) is 6.92 Å². The number of aromatic amines is 1. The third-order valence-corrected chi connectivity index (χ3v) is 3.76. The lowest BCUT2D eigenvalue weighted by molar-refractivity contribution is 0.340. The molecule has 25 heavy (non-hydrogen) atoms. The molecule has 7 heteroatoms. The summed E-state index contributed by atoms with van der Waals surface area (Å²) < 4.78 is 12.7. The zero-order valence-electron chi connectivity index (χ0n) is 14.0. The molecule has 1 N–H and O–H groups in total. The molecule has 0 radical (unpaired) electrons. The molecule has 3 rings (SSSR count). The van der Waals surface area contributed by atoms with Gasteiger partial charge in [0, 0.05) is 5.56 Å². The fourth-order valence-electron chi connectivity index (χ4n) is 2.29. The van der Waals surface area contributed by atoms with Crippen molar-refractivity contribution in [3.05, 3.63) is 58.9 Å². The van der Waals surface area contributed by atoms with Crippen LogP contribution in [0.4, 0.5) is 0 Å². The van der Waals surface area contributed by atoms with Crippen molar-refractivity contribution < 1.29 is 9.47 Å². The quantitative estimate of drug-likeness (QED) is 0.539. The molecule has 0 fully saturated rings. The van der Waals surface area contributed by atoms with E-state index in [1.165, 1.54) is 0 Å². The van der Waals surface area contributed by atoms with E-state index in [2.05, 4.69) is 15.3 Å². The van der Waals surface area contributed by atoms with Gasteiger partial charge in [0.2, 0.25) is 4.77 Å². The lowest BCUT2D eigenvalue weighted by atomic mass is 10.2. The van der Waals surface area contributed by atoms with E-state index in [-0.39, 0.29) is 0 Å². The van der Waals surface area contributed by atoms with Gasteiger partial charge in [0.25, 0.3) is 0 Å². The highest BCUT2D eigenvalue weighted by Gasteiger charge is 2.09. The van der Waals surface area contributed by atoms with Gasteiger partial charge in [0.15, 0.2) is 5.82 Å². The minimum Gasteiger partial charge on any atom is -0.497 e. The molecule has 0 bridgehead atoms. The largest absolute Gasteiger partial charge is 0.497 e. The Morgan fingerprint density at radius 2 is 2.00 bits per heavy atom. The molecular weight excluding hydrogens is 336 g/mol. The number of methoxy groups -OCH3 is 1. The van der Waals surface area contributed by atoms with Crippen molar-refractivity contribution in [3.8, 4) is 22.9 Å². The van der Waals surface area contributed by atoms with Crippen LogP contribution in [0.3, 0.4) is 0 Å². The molecule has 128 valence electrons. The summed E-state index contributed by atoms with van der Waals surface area (Å²) in [6.45, 7) is 2.55. The van der Waals surface area contributed by atoms with Crippen molar-refractivity contribution in [2.24, 2.45) is 5.10 Å². The average Bonchev–Trinajstić information content (AvgIpc) is 3.01. The maximum atomic E-state index is 5.54. The van der Waals surface area contributed by atoms with Crippen LogP contribution in [-0.2, 0) is 0 Å². The molecule has 0 amide bonds. The second-order valence-electron chi connectivity index (χ2n) is 5.14. The van der Waals surface area contributed by atoms with E-state index < -0.39 is 0 Å². The van der Waals surface area contributed by atoms with Gasteiger partial charge in [-0.05, 0) is 61.1 Å². The Morgan fingerprint density at radius 3 is 2.72 bits per heavy atom. The fraction of sp³-hybridized carbons (Fsp3) is 0.167. The normalized spacial score (nSPS) is 11.0. The number of ether oxygens (including phenoxy) is 2. The number of aromatic nitrogens is 3. The van der Waals surface area contributed by atoms with Gasteiger partial charge in [-0.15, -0.1) is 0 Å². The molecule has 0 saturated heterocycles. The Labute approximate surface area is 150 Å². The second kappa shape index (κ2) is 7.76. The SMILES string of the molecule is CCOc1cccc(-c2n[nH]c(=S)n2/N=C\c2ccc(OC)cc2)c1. The number of nitrogens with one attached hydrogen (secondary N) is 1. The van der Waals surface area contributed by atoms with Crippen LogP contribution < -0.4 is 9.47 Å². The molecule has 0 aliphatic carbocycles. The van der Waals surface area contributed by atoms with E-state index in [1.54, 1.807) is 18.0 Å². The summed E-state index contributed by atoms with van der Waals surface area (Å²) in [6, 6.07) is 15.3. The Balaban J connectivity index is 1.92. The Kier molecular flexibility index (Phi) is 5.25. The molecule has 0 saturated carbocycles. The molecule has 1 aromatic heterocycles. The van der Waals surface area contributed by atoms with Crippen LogP contribution in [0.2, 0.25) is 0 Å². The number of H-pyrrole nitrogens is 1. The zero-order valence-corrected chi connectivity index (χ0v) is 14.8. The number of hydrogen-bond donors (Lipinski definition) is 1. The Bertz CT molecular complexity index is 929. The summed E-state index contributed by atoms with van der Waals surface area (Å²) >= 11 is 5.29. The molecule has 0 aliphatic heterocycles. The molecule has 0 unspecified atom stereocenters. The molecular formula is C18H18N4O2S. The smallest absolute Gasteiger partial charge is 0.216 e. The first-order valence-electron chi connectivity index (χ1n) is 7.80. The van der Waals surface area contributed by atoms with Crippen molar-refractivity contribution in [1.82, 2.24) is 14.9 Å². The first-order chi connectivity index (χ1) is 12.2. The maximum absolute atomic E-state index is 5.54. The highest BCUT2D eigenvalue weighted by molar-refractivity contribution is 7.71. The lowest BCUT2D eigenvalue weighted by Crippen LogP contribution is -1.96. The van der Waals surface area contributed by atoms with Crippen molar-refractivity contribution in [3.63, 3.8) is 0 Å². The van der Waals surface area contributed by atoms with E-state index in [1.807, 2.05) is 55.5 Å². The molecule has 0 atom stereocenters. The lowest BCUT2D eigenvalue weighted by Gasteiger charge is -2.05. The van der Waals surface area contributed by atoms with Gasteiger partial charge in [-0.1, -0.05) is 12.1 Å². The van der Waals surface area contributed by atoms with Crippen LogP contribution in [0.5, 0.6) is 11.5 Å². The highest BCUT2D eigenvalue weighted by atomic mass is 32.1. The molecule has 0 spiro atoms. The van der Waals surface area contributed by atoms with Crippen LogP contribution in [0.25, 0.3) is 11.4 Å². The van der Waals surface area contributed by atoms with E-state index in [4.69, 9.17) is 21.7 Å². The summed E-state index contributed by atoms with van der Waals surface area (Å²) in [5, 5.41) is 11.5. The predicted molar refractivity (Wildman–Crippen MR) is 100 cm³/mol. The molecule has 1 heterocycles. The van der Waals surface area contributed by atoms with Gasteiger partial charge >= 0.3 is 0 Å². The van der Waals surface area contributed by atoms with Gasteiger partial charge in [0.1, 0.15) is 11.5 Å². The van der Waals surface area contributed by atoms with Crippen LogP contribution in [0.15, 0.2) is 53.6 Å². The van der Waals surface area contributed by atoms with Crippen molar-refractivity contribution in [2.75, 3.05) is 13.7 Å². The first-order valence-corrected chi connectivity index (χ1v) is 8.21. The number of nitrogens with zero attached hydrogens (tertiary/aromatic N) is 3. The van der Waals surface area contributed by atoms with Crippen LogP contribution >= 0.6 is 12.2 Å². The Morgan fingerprint density at radius 1 is 1.20 bits per heavy atom. The average molecular weight is 354 g/mol. The summed E-state index contributed by atoms with van der Waals surface area (Å²) in [5.74, 6) is 2.20. The standard InChI is InChI=1S/C18H18N4O2S/c1-3-24-16-6-4-5-14(11-16)17-20-21-18(25)22(17)19-12-13-7-9-15(23-2)10-8-13/h4-12H,3H2,1-2H3,(H,21,25)/b19-12-. The summed E-state index contributed by atoms with van der Waals surface area (Å²) in [4.78, 5) is 0. The predicted octanol–water partition coefficient (Wildman–Crippen LogP) is 3.90. The van der Waals surface area contributed by atoms with Crippen molar-refractivity contribution >= 4 is 18.4 Å². The fourth-order valence-corrected chi connectivity index (χ4v) is 2.47. The van der Waals surface area contributed by atoms with Gasteiger partial charge in [0.05, 0.1) is 19.9 Å². The molecule has 2 aromatic carbocycles. The van der Waals surface area contributed by atoms with Crippen LogP contribution in [0, 0.1) is 4.77 Å². The summed E-state index contributed by atoms with van der Waals surface area (Å²) in [7, 11) is 1.64.